The number of rotatable bonds is 7. The Kier molecular flexibility index (Phi) is 5.51. The molecular formula is C16H17N5O2. The number of carbonyl (C=O) groups excluding carboxylic acids is 1. The lowest BCUT2D eigenvalue weighted by molar-refractivity contribution is 0.101. The molecule has 0 radical (unpaired) electrons. The molecule has 0 amide bonds. The van der Waals surface area contributed by atoms with E-state index in [2.05, 4.69) is 20.4 Å². The first-order chi connectivity index (χ1) is 11.1. The van der Waals surface area contributed by atoms with Crippen molar-refractivity contribution in [3.05, 3.63) is 59.7 Å². The number of carbonyl (C=O) groups is 1. The molecule has 0 aliphatic carbocycles. The highest BCUT2D eigenvalue weighted by molar-refractivity contribution is 5.93. The Hall–Kier alpha value is -3.09. The van der Waals surface area contributed by atoms with Gasteiger partial charge in [0.1, 0.15) is 12.3 Å². The molecule has 2 N–H and O–H groups in total. The van der Waals surface area contributed by atoms with E-state index in [-0.39, 0.29) is 18.4 Å². The van der Waals surface area contributed by atoms with Crippen molar-refractivity contribution in [2.24, 2.45) is 5.11 Å². The molecule has 7 heteroatoms. The minimum absolute atomic E-state index is 0.0434. The predicted octanol–water partition coefficient (Wildman–Crippen LogP) is 3.35. The van der Waals surface area contributed by atoms with Crippen molar-refractivity contribution in [2.45, 2.75) is 13.8 Å². The van der Waals surface area contributed by atoms with Crippen LogP contribution in [0.15, 0.2) is 53.7 Å². The van der Waals surface area contributed by atoms with Crippen LogP contribution in [0.5, 0.6) is 6.01 Å². The van der Waals surface area contributed by atoms with Crippen LogP contribution < -0.4 is 10.1 Å². The Morgan fingerprint density at radius 2 is 2.13 bits per heavy atom. The van der Waals surface area contributed by atoms with Crippen LogP contribution in [0, 0.1) is 12.5 Å². The second kappa shape index (κ2) is 7.79. The van der Waals surface area contributed by atoms with E-state index in [0.29, 0.717) is 11.3 Å². The van der Waals surface area contributed by atoms with Crippen LogP contribution in [0.2, 0.25) is 0 Å². The van der Waals surface area contributed by atoms with Gasteiger partial charge in [0, 0.05) is 24.3 Å². The fourth-order valence-corrected chi connectivity index (χ4v) is 1.72. The normalized spacial score (nSPS) is 11.0. The van der Waals surface area contributed by atoms with Gasteiger partial charge in [-0.15, -0.1) is 0 Å². The van der Waals surface area contributed by atoms with Crippen LogP contribution in [0.3, 0.4) is 0 Å². The summed E-state index contributed by atoms with van der Waals surface area (Å²) in [5.74, 6) is -0.111. The number of ketones is 1. The van der Waals surface area contributed by atoms with Crippen molar-refractivity contribution >= 4 is 11.5 Å². The topological polar surface area (TPSA) is 100 Å². The molecule has 2 rings (SSSR count). The molecule has 0 saturated heterocycles. The van der Waals surface area contributed by atoms with Gasteiger partial charge in [-0.3, -0.25) is 4.79 Å². The first-order valence-electron chi connectivity index (χ1n) is 6.94. The fraction of sp³-hybridized carbons (Fsp3) is 0.188. The van der Waals surface area contributed by atoms with Gasteiger partial charge in [0.2, 0.25) is 0 Å². The van der Waals surface area contributed by atoms with E-state index in [1.807, 2.05) is 31.2 Å². The third-order valence-electron chi connectivity index (χ3n) is 2.95. The van der Waals surface area contributed by atoms with Gasteiger partial charge >= 0.3 is 6.01 Å². The summed E-state index contributed by atoms with van der Waals surface area (Å²) in [6, 6.07) is 7.94. The number of aromatic nitrogens is 2. The van der Waals surface area contributed by atoms with E-state index < -0.39 is 0 Å². The zero-order chi connectivity index (χ0) is 16.7. The molecule has 7 nitrogen and oxygen atoms in total. The summed E-state index contributed by atoms with van der Waals surface area (Å²) >= 11 is 0. The molecule has 0 aliphatic rings. The van der Waals surface area contributed by atoms with Crippen LogP contribution >= 0.6 is 0 Å². The molecule has 0 atom stereocenters. The van der Waals surface area contributed by atoms with E-state index in [1.54, 1.807) is 6.20 Å². The molecule has 23 heavy (non-hydrogen) atoms. The lowest BCUT2D eigenvalue weighted by Gasteiger charge is -2.06. The molecule has 1 heterocycles. The first-order valence-corrected chi connectivity index (χ1v) is 6.94. The third-order valence-corrected chi connectivity index (χ3v) is 2.95. The summed E-state index contributed by atoms with van der Waals surface area (Å²) in [5.41, 5.74) is 10.00. The zero-order valence-corrected chi connectivity index (χ0v) is 12.9. The number of Topliss-reactive ketones (excluding diaryl/α,β-unsaturated/α-hetero) is 1. The highest BCUT2D eigenvalue weighted by Crippen LogP contribution is 2.11. The van der Waals surface area contributed by atoms with Crippen LogP contribution in [-0.4, -0.2) is 22.4 Å². The Morgan fingerprint density at radius 3 is 2.74 bits per heavy atom. The molecule has 1 aromatic carbocycles. The van der Waals surface area contributed by atoms with E-state index in [4.69, 9.17) is 10.3 Å². The van der Waals surface area contributed by atoms with Crippen molar-refractivity contribution in [1.29, 1.82) is 5.53 Å². The van der Waals surface area contributed by atoms with E-state index in [1.165, 1.54) is 19.3 Å². The van der Waals surface area contributed by atoms with Gasteiger partial charge in [0.05, 0.1) is 5.56 Å². The molecular weight excluding hydrogens is 294 g/mol. The predicted molar refractivity (Wildman–Crippen MR) is 85.6 cm³/mol. The van der Waals surface area contributed by atoms with Gasteiger partial charge in [-0.25, -0.2) is 15.5 Å². The number of benzene rings is 1. The smallest absolute Gasteiger partial charge is 0.316 e. The number of anilines is 1. The van der Waals surface area contributed by atoms with Crippen molar-refractivity contribution in [1.82, 2.24) is 9.97 Å². The van der Waals surface area contributed by atoms with Gasteiger partial charge < -0.3 is 10.1 Å². The van der Waals surface area contributed by atoms with Crippen molar-refractivity contribution in [3.8, 4) is 6.01 Å². The molecule has 0 unspecified atom stereocenters. The summed E-state index contributed by atoms with van der Waals surface area (Å²) in [4.78, 5) is 19.0. The van der Waals surface area contributed by atoms with Crippen LogP contribution in [-0.2, 0) is 0 Å². The molecule has 2 aromatic rings. The lowest BCUT2D eigenvalue weighted by Crippen LogP contribution is -2.05. The van der Waals surface area contributed by atoms with Gasteiger partial charge in [-0.2, -0.15) is 5.11 Å². The Morgan fingerprint density at radius 1 is 1.39 bits per heavy atom. The van der Waals surface area contributed by atoms with Crippen molar-refractivity contribution in [2.75, 3.05) is 11.9 Å². The maximum Gasteiger partial charge on any atom is 0.316 e. The second-order valence-corrected chi connectivity index (χ2v) is 4.86. The first kappa shape index (κ1) is 16.3. The standard InChI is InChI=1S/C16H17N5O2/c1-11-4-3-5-14(6-11)18-9-15(21-17)10-23-16-19-7-13(8-20-16)12(2)22/h3-9,17-18H,10H2,1-2H3/b15-9-,21-17?. The molecule has 0 fully saturated rings. The third kappa shape index (κ3) is 4.99. The number of hydrogen-bond donors (Lipinski definition) is 2. The molecule has 0 bridgehead atoms. The minimum atomic E-state index is -0.111. The van der Waals surface area contributed by atoms with Crippen molar-refractivity contribution < 1.29 is 9.53 Å². The highest BCUT2D eigenvalue weighted by atomic mass is 16.5. The maximum atomic E-state index is 11.1. The van der Waals surface area contributed by atoms with Crippen molar-refractivity contribution in [3.63, 3.8) is 0 Å². The average Bonchev–Trinajstić information content (AvgIpc) is 2.55. The Labute approximate surface area is 133 Å². The number of nitrogens with one attached hydrogen (secondary N) is 2. The average molecular weight is 311 g/mol. The summed E-state index contributed by atoms with van der Waals surface area (Å²) in [7, 11) is 0. The number of aryl methyl sites for hydroxylation is 1. The van der Waals surface area contributed by atoms with E-state index in [9.17, 15) is 4.79 Å². The van der Waals surface area contributed by atoms with Gasteiger partial charge in [0.25, 0.3) is 0 Å². The van der Waals surface area contributed by atoms with Crippen LogP contribution in [0.1, 0.15) is 22.8 Å². The Bertz CT molecular complexity index is 726. The minimum Gasteiger partial charge on any atom is -0.457 e. The summed E-state index contributed by atoms with van der Waals surface area (Å²) in [6.45, 7) is 3.48. The number of nitrogens with zero attached hydrogens (tertiary/aromatic N) is 3. The number of ether oxygens (including phenoxy) is 1. The molecule has 0 spiro atoms. The Balaban J connectivity index is 1.95. The van der Waals surface area contributed by atoms with Gasteiger partial charge in [-0.05, 0) is 31.5 Å². The van der Waals surface area contributed by atoms with Gasteiger partial charge in [-0.1, -0.05) is 12.1 Å². The van der Waals surface area contributed by atoms with E-state index in [0.717, 1.165) is 11.3 Å². The SMILES string of the molecule is CC(=O)c1cnc(OC/C(=C/Nc2cccc(C)c2)N=N)nc1. The monoisotopic (exact) mass is 311 g/mol. The second-order valence-electron chi connectivity index (χ2n) is 4.86. The van der Waals surface area contributed by atoms with E-state index >= 15 is 0 Å². The molecule has 1 aromatic heterocycles. The summed E-state index contributed by atoms with van der Waals surface area (Å²) in [5, 5.41) is 6.46. The zero-order valence-electron chi connectivity index (χ0n) is 12.9. The van der Waals surface area contributed by atoms with Crippen LogP contribution in [0.25, 0.3) is 0 Å². The van der Waals surface area contributed by atoms with Crippen LogP contribution in [0.4, 0.5) is 5.69 Å². The molecule has 118 valence electrons. The highest BCUT2D eigenvalue weighted by Gasteiger charge is 2.04. The maximum absolute atomic E-state index is 11.1. The quantitative estimate of drug-likeness (QED) is 0.603. The van der Waals surface area contributed by atoms with Gasteiger partial charge in [0.15, 0.2) is 5.78 Å². The lowest BCUT2D eigenvalue weighted by atomic mass is 10.2. The molecule has 0 saturated carbocycles. The fourth-order valence-electron chi connectivity index (χ4n) is 1.72. The number of hydrogen-bond acceptors (Lipinski definition) is 7. The summed E-state index contributed by atoms with van der Waals surface area (Å²) < 4.78 is 5.35. The molecule has 0 aliphatic heterocycles. The summed E-state index contributed by atoms with van der Waals surface area (Å²) in [6.07, 6.45) is 4.39. The largest absolute Gasteiger partial charge is 0.457 e.